The molecule has 70 valence electrons. The zero-order valence-corrected chi connectivity index (χ0v) is 7.61. The minimum absolute atomic E-state index is 0.0997. The lowest BCUT2D eigenvalue weighted by molar-refractivity contribution is -0.117. The Hall–Kier alpha value is -1.49. The monoisotopic (exact) mass is 180 g/mol. The van der Waals surface area contributed by atoms with Crippen molar-refractivity contribution in [2.24, 2.45) is 0 Å². The molecule has 1 rings (SSSR count). The van der Waals surface area contributed by atoms with Crippen molar-refractivity contribution < 1.29 is 4.79 Å². The van der Waals surface area contributed by atoms with Crippen LogP contribution in [-0.2, 0) is 4.79 Å². The summed E-state index contributed by atoms with van der Waals surface area (Å²) in [4.78, 5) is 18.9. The first-order chi connectivity index (χ1) is 6.24. The fourth-order valence-corrected chi connectivity index (χ4v) is 0.745. The maximum absolute atomic E-state index is 11.3. The topological polar surface area (TPSA) is 66.9 Å². The summed E-state index contributed by atoms with van der Waals surface area (Å²) in [5, 5.41) is 5.50. The largest absolute Gasteiger partial charge is 0.322 e. The molecular weight excluding hydrogens is 168 g/mol. The number of aromatic nitrogens is 2. The minimum atomic E-state index is -0.222. The number of amides is 1. The Labute approximate surface area is 76.6 Å². The molecule has 1 atom stereocenters. The summed E-state index contributed by atoms with van der Waals surface area (Å²) in [6.45, 7) is 1.78. The molecule has 1 aromatic rings. The van der Waals surface area contributed by atoms with Crippen LogP contribution < -0.4 is 10.6 Å². The summed E-state index contributed by atoms with van der Waals surface area (Å²) in [5.41, 5.74) is 0.606. The molecule has 2 N–H and O–H groups in total. The van der Waals surface area contributed by atoms with E-state index in [1.807, 2.05) is 0 Å². The van der Waals surface area contributed by atoms with E-state index in [0.29, 0.717) is 5.69 Å². The van der Waals surface area contributed by atoms with Crippen LogP contribution in [0.15, 0.2) is 18.7 Å². The van der Waals surface area contributed by atoms with Crippen LogP contribution in [0.4, 0.5) is 5.69 Å². The summed E-state index contributed by atoms with van der Waals surface area (Å²) in [6.07, 6.45) is 4.51. The van der Waals surface area contributed by atoms with Gasteiger partial charge in [-0.1, -0.05) is 0 Å². The quantitative estimate of drug-likeness (QED) is 0.688. The first kappa shape index (κ1) is 9.60. The normalized spacial score (nSPS) is 12.2. The van der Waals surface area contributed by atoms with E-state index in [1.165, 1.54) is 6.33 Å². The SMILES string of the molecule is CNC(C)C(=O)Nc1cncnc1. The molecule has 13 heavy (non-hydrogen) atoms. The van der Waals surface area contributed by atoms with Crippen molar-refractivity contribution >= 4 is 11.6 Å². The van der Waals surface area contributed by atoms with Crippen molar-refractivity contribution in [2.45, 2.75) is 13.0 Å². The van der Waals surface area contributed by atoms with Gasteiger partial charge in [-0.05, 0) is 14.0 Å². The van der Waals surface area contributed by atoms with Crippen LogP contribution in [0.25, 0.3) is 0 Å². The van der Waals surface area contributed by atoms with Crippen molar-refractivity contribution in [3.8, 4) is 0 Å². The third-order valence-corrected chi connectivity index (χ3v) is 1.65. The van der Waals surface area contributed by atoms with Crippen LogP contribution in [0.2, 0.25) is 0 Å². The predicted molar refractivity (Wildman–Crippen MR) is 49.2 cm³/mol. The first-order valence-electron chi connectivity index (χ1n) is 3.97. The summed E-state index contributed by atoms with van der Waals surface area (Å²) >= 11 is 0. The van der Waals surface area contributed by atoms with Gasteiger partial charge in [0.05, 0.1) is 24.1 Å². The number of anilines is 1. The van der Waals surface area contributed by atoms with Gasteiger partial charge in [-0.15, -0.1) is 0 Å². The van der Waals surface area contributed by atoms with Crippen molar-refractivity contribution in [1.82, 2.24) is 15.3 Å². The van der Waals surface area contributed by atoms with Gasteiger partial charge in [-0.2, -0.15) is 0 Å². The fourth-order valence-electron chi connectivity index (χ4n) is 0.745. The second-order valence-electron chi connectivity index (χ2n) is 2.63. The third kappa shape index (κ3) is 2.79. The van der Waals surface area contributed by atoms with E-state index in [0.717, 1.165) is 0 Å². The van der Waals surface area contributed by atoms with E-state index < -0.39 is 0 Å². The summed E-state index contributed by atoms with van der Waals surface area (Å²) in [6, 6.07) is -0.222. The molecule has 1 unspecified atom stereocenters. The Morgan fingerprint density at radius 3 is 2.62 bits per heavy atom. The molecule has 0 aliphatic carbocycles. The van der Waals surface area contributed by atoms with E-state index in [1.54, 1.807) is 26.4 Å². The molecule has 5 nitrogen and oxygen atoms in total. The zero-order chi connectivity index (χ0) is 9.68. The molecule has 0 fully saturated rings. The average molecular weight is 180 g/mol. The molecule has 0 aliphatic heterocycles. The Morgan fingerprint density at radius 2 is 2.08 bits per heavy atom. The lowest BCUT2D eigenvalue weighted by Crippen LogP contribution is -2.35. The highest BCUT2D eigenvalue weighted by atomic mass is 16.2. The number of rotatable bonds is 3. The van der Waals surface area contributed by atoms with Gasteiger partial charge in [0.2, 0.25) is 5.91 Å². The number of hydrogen-bond acceptors (Lipinski definition) is 4. The van der Waals surface area contributed by atoms with E-state index in [4.69, 9.17) is 0 Å². The van der Waals surface area contributed by atoms with Gasteiger partial charge in [-0.25, -0.2) is 9.97 Å². The van der Waals surface area contributed by atoms with Crippen LogP contribution in [0.3, 0.4) is 0 Å². The predicted octanol–water partition coefficient (Wildman–Crippen LogP) is 0.0230. The number of carbonyl (C=O) groups is 1. The number of hydrogen-bond donors (Lipinski definition) is 2. The van der Waals surface area contributed by atoms with Crippen LogP contribution in [0.1, 0.15) is 6.92 Å². The first-order valence-corrected chi connectivity index (χ1v) is 3.97. The van der Waals surface area contributed by atoms with Gasteiger partial charge in [0.15, 0.2) is 0 Å². The Kier molecular flexibility index (Phi) is 3.33. The molecule has 0 saturated carbocycles. The second-order valence-corrected chi connectivity index (χ2v) is 2.63. The maximum atomic E-state index is 11.3. The summed E-state index contributed by atoms with van der Waals surface area (Å²) < 4.78 is 0. The van der Waals surface area contributed by atoms with E-state index in [2.05, 4.69) is 20.6 Å². The third-order valence-electron chi connectivity index (χ3n) is 1.65. The molecular formula is C8H12N4O. The highest BCUT2D eigenvalue weighted by Gasteiger charge is 2.09. The maximum Gasteiger partial charge on any atom is 0.241 e. The lowest BCUT2D eigenvalue weighted by Gasteiger charge is -2.09. The van der Waals surface area contributed by atoms with Crippen LogP contribution >= 0.6 is 0 Å². The van der Waals surface area contributed by atoms with Crippen LogP contribution in [0, 0.1) is 0 Å². The highest BCUT2D eigenvalue weighted by Crippen LogP contribution is 2.00. The molecule has 0 aromatic carbocycles. The van der Waals surface area contributed by atoms with E-state index in [-0.39, 0.29) is 11.9 Å². The fraction of sp³-hybridized carbons (Fsp3) is 0.375. The van der Waals surface area contributed by atoms with Crippen molar-refractivity contribution in [2.75, 3.05) is 12.4 Å². The lowest BCUT2D eigenvalue weighted by atomic mass is 10.3. The second kappa shape index (κ2) is 4.51. The number of nitrogens with zero attached hydrogens (tertiary/aromatic N) is 2. The Bertz CT molecular complexity index is 275. The molecule has 0 aliphatic rings. The van der Waals surface area contributed by atoms with Gasteiger partial charge in [0.1, 0.15) is 6.33 Å². The molecule has 0 spiro atoms. The molecule has 0 saturated heterocycles. The van der Waals surface area contributed by atoms with Gasteiger partial charge in [-0.3, -0.25) is 4.79 Å². The number of carbonyl (C=O) groups excluding carboxylic acids is 1. The molecule has 1 amide bonds. The number of nitrogens with one attached hydrogen (secondary N) is 2. The van der Waals surface area contributed by atoms with Crippen LogP contribution in [0.5, 0.6) is 0 Å². The van der Waals surface area contributed by atoms with Crippen molar-refractivity contribution in [3.05, 3.63) is 18.7 Å². The summed E-state index contributed by atoms with van der Waals surface area (Å²) in [5.74, 6) is -0.0997. The molecule has 1 aromatic heterocycles. The Morgan fingerprint density at radius 1 is 1.46 bits per heavy atom. The van der Waals surface area contributed by atoms with Gasteiger partial charge in [0, 0.05) is 0 Å². The molecule has 0 bridgehead atoms. The molecule has 5 heteroatoms. The van der Waals surface area contributed by atoms with Gasteiger partial charge >= 0.3 is 0 Å². The average Bonchev–Trinajstić information content (AvgIpc) is 2.18. The summed E-state index contributed by atoms with van der Waals surface area (Å²) in [7, 11) is 1.73. The number of likely N-dealkylation sites (N-methyl/N-ethyl adjacent to an activating group) is 1. The van der Waals surface area contributed by atoms with E-state index >= 15 is 0 Å². The van der Waals surface area contributed by atoms with E-state index in [9.17, 15) is 4.79 Å². The standard InChI is InChI=1S/C8H12N4O/c1-6(9-2)8(13)12-7-3-10-5-11-4-7/h3-6,9H,1-2H3,(H,12,13). The minimum Gasteiger partial charge on any atom is -0.322 e. The van der Waals surface area contributed by atoms with Gasteiger partial charge < -0.3 is 10.6 Å². The zero-order valence-electron chi connectivity index (χ0n) is 7.61. The van der Waals surface area contributed by atoms with Gasteiger partial charge in [0.25, 0.3) is 0 Å². The highest BCUT2D eigenvalue weighted by molar-refractivity contribution is 5.94. The molecule has 0 radical (unpaired) electrons. The van der Waals surface area contributed by atoms with Crippen molar-refractivity contribution in [3.63, 3.8) is 0 Å². The van der Waals surface area contributed by atoms with Crippen molar-refractivity contribution in [1.29, 1.82) is 0 Å². The molecule has 1 heterocycles. The Balaban J connectivity index is 2.55. The smallest absolute Gasteiger partial charge is 0.241 e. The van der Waals surface area contributed by atoms with Crippen LogP contribution in [-0.4, -0.2) is 29.0 Å².